The third kappa shape index (κ3) is 6.49. The fourth-order valence-electron chi connectivity index (χ4n) is 3.04. The van der Waals surface area contributed by atoms with Crippen molar-refractivity contribution in [2.24, 2.45) is 5.92 Å². The molecule has 0 radical (unpaired) electrons. The third-order valence-corrected chi connectivity index (χ3v) is 7.52. The molecule has 1 unspecified atom stereocenters. The molecule has 0 saturated heterocycles. The van der Waals surface area contributed by atoms with E-state index in [4.69, 9.17) is 9.47 Å². The van der Waals surface area contributed by atoms with Gasteiger partial charge in [0.05, 0.1) is 19.8 Å². The van der Waals surface area contributed by atoms with Crippen LogP contribution in [-0.2, 0) is 10.0 Å². The van der Waals surface area contributed by atoms with Crippen molar-refractivity contribution >= 4 is 33.0 Å². The van der Waals surface area contributed by atoms with Gasteiger partial charge in [0.1, 0.15) is 4.21 Å². The SMILES string of the molecule is COc1cc(C(C)NC(=O)c2cccc(NS(=O)(=O)c3cccs3)c2)ccc1OCC(C)C. The van der Waals surface area contributed by atoms with Crippen LogP contribution in [0.5, 0.6) is 11.5 Å². The second kappa shape index (κ2) is 10.7. The van der Waals surface area contributed by atoms with Crippen molar-refractivity contribution in [1.82, 2.24) is 5.32 Å². The number of amides is 1. The largest absolute Gasteiger partial charge is 0.493 e. The van der Waals surface area contributed by atoms with Crippen molar-refractivity contribution in [1.29, 1.82) is 0 Å². The molecular weight excluding hydrogens is 460 g/mol. The minimum atomic E-state index is -3.69. The van der Waals surface area contributed by atoms with E-state index in [0.717, 1.165) is 16.9 Å². The van der Waals surface area contributed by atoms with Crippen LogP contribution >= 0.6 is 11.3 Å². The summed E-state index contributed by atoms with van der Waals surface area (Å²) in [7, 11) is -2.11. The minimum Gasteiger partial charge on any atom is -0.493 e. The van der Waals surface area contributed by atoms with Gasteiger partial charge in [0, 0.05) is 11.3 Å². The number of methoxy groups -OCH3 is 1. The van der Waals surface area contributed by atoms with E-state index in [9.17, 15) is 13.2 Å². The second-order valence-corrected chi connectivity index (χ2v) is 10.8. The summed E-state index contributed by atoms with van der Waals surface area (Å²) in [5.74, 6) is 1.32. The normalized spacial score (nSPS) is 12.3. The van der Waals surface area contributed by atoms with Gasteiger partial charge in [0.15, 0.2) is 11.5 Å². The molecule has 33 heavy (non-hydrogen) atoms. The summed E-state index contributed by atoms with van der Waals surface area (Å²) >= 11 is 1.12. The maximum Gasteiger partial charge on any atom is 0.271 e. The Hall–Kier alpha value is -3.04. The quantitative estimate of drug-likeness (QED) is 0.415. The smallest absolute Gasteiger partial charge is 0.271 e. The van der Waals surface area contributed by atoms with Gasteiger partial charge in [-0.3, -0.25) is 9.52 Å². The lowest BCUT2D eigenvalue weighted by molar-refractivity contribution is 0.0940. The van der Waals surface area contributed by atoms with Crippen molar-refractivity contribution in [2.75, 3.05) is 18.4 Å². The van der Waals surface area contributed by atoms with Crippen molar-refractivity contribution in [3.8, 4) is 11.5 Å². The van der Waals surface area contributed by atoms with E-state index in [2.05, 4.69) is 23.9 Å². The van der Waals surface area contributed by atoms with E-state index >= 15 is 0 Å². The van der Waals surface area contributed by atoms with Crippen LogP contribution in [0.3, 0.4) is 0 Å². The van der Waals surface area contributed by atoms with Crippen molar-refractivity contribution in [2.45, 2.75) is 31.0 Å². The summed E-state index contributed by atoms with van der Waals surface area (Å²) in [6.07, 6.45) is 0. The van der Waals surface area contributed by atoms with Crippen molar-refractivity contribution in [3.63, 3.8) is 0 Å². The number of sulfonamides is 1. The Kier molecular flexibility index (Phi) is 7.99. The highest BCUT2D eigenvalue weighted by molar-refractivity contribution is 7.94. The van der Waals surface area contributed by atoms with Gasteiger partial charge in [-0.1, -0.05) is 32.0 Å². The number of nitrogens with one attached hydrogen (secondary N) is 2. The Bertz CT molecular complexity index is 1190. The van der Waals surface area contributed by atoms with E-state index in [1.165, 1.54) is 12.1 Å². The average molecular weight is 489 g/mol. The van der Waals surface area contributed by atoms with E-state index in [1.807, 2.05) is 25.1 Å². The standard InChI is InChI=1S/C24H28N2O5S2/c1-16(2)15-31-21-11-10-18(14-22(21)30-4)17(3)25-24(27)19-7-5-8-20(13-19)26-33(28,29)23-9-6-12-32-23/h5-14,16-17,26H,15H2,1-4H3,(H,25,27). The molecule has 176 valence electrons. The molecule has 0 aliphatic carbocycles. The molecule has 0 spiro atoms. The number of thiophene rings is 1. The number of benzene rings is 2. The summed E-state index contributed by atoms with van der Waals surface area (Å²) in [4.78, 5) is 12.8. The van der Waals surface area contributed by atoms with Crippen molar-refractivity contribution < 1.29 is 22.7 Å². The topological polar surface area (TPSA) is 93.7 Å². The van der Waals surface area contributed by atoms with Crippen LogP contribution in [0.15, 0.2) is 64.2 Å². The van der Waals surface area contributed by atoms with Gasteiger partial charge in [0.25, 0.3) is 15.9 Å². The second-order valence-electron chi connectivity index (χ2n) is 7.93. The zero-order valence-corrected chi connectivity index (χ0v) is 20.6. The fourth-order valence-corrected chi connectivity index (χ4v) is 5.08. The first-order valence-electron chi connectivity index (χ1n) is 10.5. The molecular formula is C24H28N2O5S2. The highest BCUT2D eigenvalue weighted by Crippen LogP contribution is 2.31. The molecule has 0 saturated carbocycles. The number of rotatable bonds is 10. The Balaban J connectivity index is 1.70. The zero-order valence-electron chi connectivity index (χ0n) is 19.0. The number of hydrogen-bond acceptors (Lipinski definition) is 6. The average Bonchev–Trinajstić information content (AvgIpc) is 3.33. The Morgan fingerprint density at radius 1 is 1.03 bits per heavy atom. The van der Waals surface area contributed by atoms with Crippen LogP contribution in [0.2, 0.25) is 0 Å². The lowest BCUT2D eigenvalue weighted by atomic mass is 10.1. The maximum atomic E-state index is 12.8. The van der Waals surface area contributed by atoms with Gasteiger partial charge >= 0.3 is 0 Å². The summed E-state index contributed by atoms with van der Waals surface area (Å²) in [5, 5.41) is 4.63. The number of carbonyl (C=O) groups is 1. The predicted molar refractivity (Wildman–Crippen MR) is 131 cm³/mol. The predicted octanol–water partition coefficient (Wildman–Crippen LogP) is 5.08. The number of anilines is 1. The third-order valence-electron chi connectivity index (χ3n) is 4.74. The van der Waals surface area contributed by atoms with E-state index in [1.54, 1.807) is 36.8 Å². The first-order chi connectivity index (χ1) is 15.7. The summed E-state index contributed by atoms with van der Waals surface area (Å²) < 4.78 is 38.9. The van der Waals surface area contributed by atoms with Crippen LogP contribution in [0.25, 0.3) is 0 Å². The molecule has 1 amide bonds. The monoisotopic (exact) mass is 488 g/mol. The Labute approximate surface area is 198 Å². The maximum absolute atomic E-state index is 12.8. The Morgan fingerprint density at radius 2 is 1.82 bits per heavy atom. The van der Waals surface area contributed by atoms with Crippen LogP contribution in [-0.4, -0.2) is 28.0 Å². The van der Waals surface area contributed by atoms with Crippen molar-refractivity contribution in [3.05, 3.63) is 71.1 Å². The van der Waals surface area contributed by atoms with Gasteiger partial charge < -0.3 is 14.8 Å². The van der Waals surface area contributed by atoms with Crippen LogP contribution in [0.4, 0.5) is 5.69 Å². The van der Waals surface area contributed by atoms with Gasteiger partial charge in [-0.05, 0) is 60.2 Å². The van der Waals surface area contributed by atoms with Crippen LogP contribution in [0, 0.1) is 5.92 Å². The summed E-state index contributed by atoms with van der Waals surface area (Å²) in [6.45, 7) is 6.58. The molecule has 9 heteroatoms. The Morgan fingerprint density at radius 3 is 2.48 bits per heavy atom. The van der Waals surface area contributed by atoms with Gasteiger partial charge in [-0.2, -0.15) is 0 Å². The van der Waals surface area contributed by atoms with E-state index in [0.29, 0.717) is 35.3 Å². The molecule has 1 atom stereocenters. The molecule has 0 aliphatic rings. The molecule has 2 aromatic carbocycles. The van der Waals surface area contributed by atoms with E-state index < -0.39 is 10.0 Å². The number of carbonyl (C=O) groups excluding carboxylic acids is 1. The van der Waals surface area contributed by atoms with Gasteiger partial charge in [0.2, 0.25) is 0 Å². The molecule has 7 nitrogen and oxygen atoms in total. The first-order valence-corrected chi connectivity index (χ1v) is 12.8. The van der Waals surface area contributed by atoms with Crippen LogP contribution < -0.4 is 19.5 Å². The molecule has 0 aliphatic heterocycles. The molecule has 1 heterocycles. The fraction of sp³-hybridized carbons (Fsp3) is 0.292. The highest BCUT2D eigenvalue weighted by Gasteiger charge is 2.18. The van der Waals surface area contributed by atoms with Crippen LogP contribution in [0.1, 0.15) is 42.7 Å². The molecule has 0 fully saturated rings. The summed E-state index contributed by atoms with van der Waals surface area (Å²) in [6, 6.07) is 14.8. The summed E-state index contributed by atoms with van der Waals surface area (Å²) in [5.41, 5.74) is 1.51. The lowest BCUT2D eigenvalue weighted by Gasteiger charge is -2.18. The van der Waals surface area contributed by atoms with E-state index in [-0.39, 0.29) is 16.2 Å². The highest BCUT2D eigenvalue weighted by atomic mass is 32.2. The molecule has 0 bridgehead atoms. The molecule has 3 rings (SSSR count). The zero-order chi connectivity index (χ0) is 24.0. The molecule has 2 N–H and O–H groups in total. The first kappa shape index (κ1) is 24.6. The number of ether oxygens (including phenoxy) is 2. The van der Waals surface area contributed by atoms with Gasteiger partial charge in [-0.25, -0.2) is 8.42 Å². The minimum absolute atomic E-state index is 0.209. The molecule has 3 aromatic rings. The number of hydrogen-bond donors (Lipinski definition) is 2. The molecule has 1 aromatic heterocycles. The lowest BCUT2D eigenvalue weighted by Crippen LogP contribution is -2.26. The van der Waals surface area contributed by atoms with Gasteiger partial charge in [-0.15, -0.1) is 11.3 Å².